The second-order valence-corrected chi connectivity index (χ2v) is 6.82. The van der Waals surface area contributed by atoms with Gasteiger partial charge in [0.2, 0.25) is 5.82 Å². The van der Waals surface area contributed by atoms with Gasteiger partial charge in [-0.1, -0.05) is 50.2 Å². The van der Waals surface area contributed by atoms with Gasteiger partial charge in [0.1, 0.15) is 0 Å². The molecule has 2 N–H and O–H groups in total. The van der Waals surface area contributed by atoms with Gasteiger partial charge < -0.3 is 10.3 Å². The molecular weight excluding hydrogens is 286 g/mol. The average molecular weight is 307 g/mol. The summed E-state index contributed by atoms with van der Waals surface area (Å²) in [5.74, 6) is 1.10. The summed E-state index contributed by atoms with van der Waals surface area (Å²) in [6, 6.07) is 14.0. The molecule has 4 heteroatoms. The van der Waals surface area contributed by atoms with Gasteiger partial charge in [-0.15, -0.1) is 0 Å². The van der Waals surface area contributed by atoms with E-state index in [1.807, 2.05) is 37.3 Å². The van der Waals surface area contributed by atoms with E-state index < -0.39 is 0 Å². The molecule has 0 unspecified atom stereocenters. The van der Waals surface area contributed by atoms with Gasteiger partial charge >= 0.3 is 0 Å². The van der Waals surface area contributed by atoms with Crippen molar-refractivity contribution in [3.63, 3.8) is 0 Å². The highest BCUT2D eigenvalue weighted by atomic mass is 16.5. The molecule has 1 aromatic heterocycles. The summed E-state index contributed by atoms with van der Waals surface area (Å²) in [6.45, 7) is 8.54. The number of nitrogens with two attached hydrogens (primary N) is 1. The second-order valence-electron chi connectivity index (χ2n) is 6.82. The van der Waals surface area contributed by atoms with Crippen LogP contribution in [0.2, 0.25) is 0 Å². The number of hydrogen-bond donors (Lipinski definition) is 1. The Bertz CT molecular complexity index is 827. The van der Waals surface area contributed by atoms with Gasteiger partial charge in [0.15, 0.2) is 0 Å². The summed E-state index contributed by atoms with van der Waals surface area (Å²) in [5, 5.41) is 4.09. The average Bonchev–Trinajstić information content (AvgIpc) is 2.99. The first kappa shape index (κ1) is 15.3. The monoisotopic (exact) mass is 307 g/mol. The van der Waals surface area contributed by atoms with Gasteiger partial charge in [-0.2, -0.15) is 4.98 Å². The molecule has 0 saturated heterocycles. The van der Waals surface area contributed by atoms with Gasteiger partial charge in [0.25, 0.3) is 5.89 Å². The zero-order chi connectivity index (χ0) is 16.6. The summed E-state index contributed by atoms with van der Waals surface area (Å²) >= 11 is 0. The van der Waals surface area contributed by atoms with E-state index in [1.165, 1.54) is 5.56 Å². The van der Waals surface area contributed by atoms with E-state index in [0.717, 1.165) is 22.4 Å². The van der Waals surface area contributed by atoms with Gasteiger partial charge in [-0.3, -0.25) is 0 Å². The molecule has 118 valence electrons. The zero-order valence-electron chi connectivity index (χ0n) is 13.9. The topological polar surface area (TPSA) is 64.9 Å². The van der Waals surface area contributed by atoms with E-state index in [9.17, 15) is 0 Å². The Balaban J connectivity index is 1.91. The molecular formula is C19H21N3O. The van der Waals surface area contributed by atoms with Crippen molar-refractivity contribution in [3.8, 4) is 22.8 Å². The third-order valence-electron chi connectivity index (χ3n) is 3.95. The number of hydrogen-bond acceptors (Lipinski definition) is 4. The Morgan fingerprint density at radius 2 is 1.61 bits per heavy atom. The lowest BCUT2D eigenvalue weighted by atomic mass is 9.87. The number of aromatic nitrogens is 2. The van der Waals surface area contributed by atoms with Gasteiger partial charge in [-0.05, 0) is 41.7 Å². The van der Waals surface area contributed by atoms with Crippen LogP contribution in [0.5, 0.6) is 0 Å². The molecule has 23 heavy (non-hydrogen) atoms. The molecule has 0 aliphatic rings. The van der Waals surface area contributed by atoms with E-state index in [0.29, 0.717) is 11.7 Å². The SMILES string of the molecule is Cc1cc(-c2nc(-c3ccc(C(C)(C)C)cc3)no2)ccc1N. The minimum absolute atomic E-state index is 0.127. The van der Waals surface area contributed by atoms with E-state index in [4.69, 9.17) is 10.3 Å². The Morgan fingerprint density at radius 3 is 2.22 bits per heavy atom. The van der Waals surface area contributed by atoms with E-state index in [1.54, 1.807) is 0 Å². The zero-order valence-corrected chi connectivity index (χ0v) is 13.9. The van der Waals surface area contributed by atoms with E-state index >= 15 is 0 Å². The molecule has 0 aliphatic carbocycles. The lowest BCUT2D eigenvalue weighted by molar-refractivity contribution is 0.432. The first-order valence-corrected chi connectivity index (χ1v) is 7.66. The van der Waals surface area contributed by atoms with Crippen LogP contribution in [0.25, 0.3) is 22.8 Å². The fourth-order valence-electron chi connectivity index (χ4n) is 2.39. The van der Waals surface area contributed by atoms with Crippen molar-refractivity contribution in [3.05, 3.63) is 53.6 Å². The molecule has 0 radical (unpaired) electrons. The Morgan fingerprint density at radius 1 is 0.957 bits per heavy atom. The van der Waals surface area contributed by atoms with Gasteiger partial charge in [0.05, 0.1) is 0 Å². The van der Waals surface area contributed by atoms with Crippen molar-refractivity contribution in [2.75, 3.05) is 5.73 Å². The predicted molar refractivity (Wildman–Crippen MR) is 93.0 cm³/mol. The molecule has 0 spiro atoms. The van der Waals surface area contributed by atoms with Crippen molar-refractivity contribution >= 4 is 5.69 Å². The van der Waals surface area contributed by atoms with Crippen LogP contribution in [0.4, 0.5) is 5.69 Å². The number of benzene rings is 2. The van der Waals surface area contributed by atoms with Crippen LogP contribution in [0, 0.1) is 6.92 Å². The minimum Gasteiger partial charge on any atom is -0.399 e. The normalized spacial score (nSPS) is 11.7. The maximum atomic E-state index is 5.85. The molecule has 4 nitrogen and oxygen atoms in total. The summed E-state index contributed by atoms with van der Waals surface area (Å²) < 4.78 is 5.40. The summed E-state index contributed by atoms with van der Waals surface area (Å²) in [4.78, 5) is 4.49. The van der Waals surface area contributed by atoms with Crippen LogP contribution in [0.1, 0.15) is 31.9 Å². The van der Waals surface area contributed by atoms with E-state index in [2.05, 4.69) is 43.0 Å². The second kappa shape index (κ2) is 5.54. The Hall–Kier alpha value is -2.62. The van der Waals surface area contributed by atoms with Crippen molar-refractivity contribution in [2.24, 2.45) is 0 Å². The smallest absolute Gasteiger partial charge is 0.258 e. The van der Waals surface area contributed by atoms with Crippen LogP contribution in [0.15, 0.2) is 47.0 Å². The highest BCUT2D eigenvalue weighted by Gasteiger charge is 2.15. The lowest BCUT2D eigenvalue weighted by Gasteiger charge is -2.18. The van der Waals surface area contributed by atoms with Crippen LogP contribution >= 0.6 is 0 Å². The fraction of sp³-hybridized carbons (Fsp3) is 0.263. The summed E-state index contributed by atoms with van der Waals surface area (Å²) in [7, 11) is 0. The van der Waals surface area contributed by atoms with Crippen molar-refractivity contribution < 1.29 is 4.52 Å². The van der Waals surface area contributed by atoms with Crippen LogP contribution in [-0.4, -0.2) is 10.1 Å². The Labute approximate surface area is 136 Å². The first-order valence-electron chi connectivity index (χ1n) is 7.66. The number of aryl methyl sites for hydroxylation is 1. The maximum Gasteiger partial charge on any atom is 0.258 e. The molecule has 1 heterocycles. The third-order valence-corrected chi connectivity index (χ3v) is 3.95. The molecule has 0 fully saturated rings. The number of rotatable bonds is 2. The summed E-state index contributed by atoms with van der Waals surface area (Å²) in [5.41, 5.74) is 10.8. The fourth-order valence-corrected chi connectivity index (χ4v) is 2.39. The molecule has 3 rings (SSSR count). The third kappa shape index (κ3) is 3.11. The minimum atomic E-state index is 0.127. The molecule has 0 saturated carbocycles. The quantitative estimate of drug-likeness (QED) is 0.703. The van der Waals surface area contributed by atoms with Crippen LogP contribution in [-0.2, 0) is 5.41 Å². The van der Waals surface area contributed by atoms with Crippen molar-refractivity contribution in [1.82, 2.24) is 10.1 Å². The van der Waals surface area contributed by atoms with Gasteiger partial charge in [-0.25, -0.2) is 0 Å². The molecule has 0 aliphatic heterocycles. The van der Waals surface area contributed by atoms with Crippen molar-refractivity contribution in [1.29, 1.82) is 0 Å². The number of nitrogens with zero attached hydrogens (tertiary/aromatic N) is 2. The van der Waals surface area contributed by atoms with Crippen LogP contribution in [0.3, 0.4) is 0 Å². The highest BCUT2D eigenvalue weighted by Crippen LogP contribution is 2.27. The molecule has 3 aromatic rings. The molecule has 0 amide bonds. The molecule has 0 atom stereocenters. The Kier molecular flexibility index (Phi) is 3.68. The lowest BCUT2D eigenvalue weighted by Crippen LogP contribution is -2.10. The first-order chi connectivity index (χ1) is 10.8. The number of anilines is 1. The van der Waals surface area contributed by atoms with Crippen LogP contribution < -0.4 is 5.73 Å². The number of nitrogen functional groups attached to an aromatic ring is 1. The van der Waals surface area contributed by atoms with E-state index in [-0.39, 0.29) is 5.41 Å². The largest absolute Gasteiger partial charge is 0.399 e. The highest BCUT2D eigenvalue weighted by molar-refractivity contribution is 5.63. The maximum absolute atomic E-state index is 5.85. The standard InChI is InChI=1S/C19H21N3O/c1-12-11-14(7-10-16(12)20)18-21-17(22-23-18)13-5-8-15(9-6-13)19(2,3)4/h5-11H,20H2,1-4H3. The molecule has 0 bridgehead atoms. The predicted octanol–water partition coefficient (Wildman–Crippen LogP) is 4.59. The van der Waals surface area contributed by atoms with Gasteiger partial charge in [0, 0.05) is 16.8 Å². The molecule has 2 aromatic carbocycles. The van der Waals surface area contributed by atoms with Crippen molar-refractivity contribution in [2.45, 2.75) is 33.1 Å². The summed E-state index contributed by atoms with van der Waals surface area (Å²) in [6.07, 6.45) is 0.